The maximum atomic E-state index is 11.0. The zero-order valence-electron chi connectivity index (χ0n) is 6.02. The van der Waals surface area contributed by atoms with Gasteiger partial charge in [-0.25, -0.2) is 9.97 Å². The smallest absolute Gasteiger partial charge is 0.258 e. The lowest BCUT2D eigenvalue weighted by molar-refractivity contribution is 1.19. The van der Waals surface area contributed by atoms with E-state index in [0.29, 0.717) is 10.9 Å². The minimum absolute atomic E-state index is 0. The third-order valence-electron chi connectivity index (χ3n) is 1.44. The lowest BCUT2D eigenvalue weighted by Gasteiger charge is -1.90. The Morgan fingerprint density at radius 2 is 2.25 bits per heavy atom. The van der Waals surface area contributed by atoms with Crippen LogP contribution in [-0.4, -0.2) is 15.0 Å². The van der Waals surface area contributed by atoms with Crippen molar-refractivity contribution >= 4 is 23.3 Å². The molecule has 0 bridgehead atoms. The molecule has 2 heterocycles. The van der Waals surface area contributed by atoms with E-state index in [2.05, 4.69) is 15.0 Å². The lowest BCUT2D eigenvalue weighted by Crippen LogP contribution is -2.05. The molecule has 62 valence electrons. The molecule has 0 saturated heterocycles. The molecule has 0 aliphatic carbocycles. The molecule has 0 aliphatic rings. The molecule has 2 aromatic heterocycles. The van der Waals surface area contributed by atoms with E-state index in [4.69, 9.17) is 0 Å². The van der Waals surface area contributed by atoms with Gasteiger partial charge in [0.2, 0.25) is 0 Å². The maximum absolute atomic E-state index is 11.0. The third-order valence-corrected chi connectivity index (χ3v) is 1.44. The standard InChI is InChI=1S/C7H5N3O.ClH/c11-7-5-3-8-4-10-6(5)1-2-9-7;/h1-4H,(H,9,11);1H. The van der Waals surface area contributed by atoms with Crippen LogP contribution in [0.3, 0.4) is 0 Å². The molecule has 0 spiro atoms. The topological polar surface area (TPSA) is 58.6 Å². The van der Waals surface area contributed by atoms with Crippen LogP contribution in [0.25, 0.3) is 10.9 Å². The van der Waals surface area contributed by atoms with Crippen LogP contribution in [-0.2, 0) is 0 Å². The van der Waals surface area contributed by atoms with Gasteiger partial charge in [-0.1, -0.05) is 0 Å². The van der Waals surface area contributed by atoms with Crippen molar-refractivity contribution in [3.63, 3.8) is 0 Å². The Hall–Kier alpha value is -1.42. The Kier molecular flexibility index (Phi) is 2.40. The quantitative estimate of drug-likeness (QED) is 0.656. The van der Waals surface area contributed by atoms with Gasteiger partial charge in [0.25, 0.3) is 5.56 Å². The largest absolute Gasteiger partial charge is 0.328 e. The van der Waals surface area contributed by atoms with Crippen LogP contribution in [0.4, 0.5) is 0 Å². The Morgan fingerprint density at radius 3 is 3.00 bits per heavy atom. The van der Waals surface area contributed by atoms with Crippen molar-refractivity contribution in [2.75, 3.05) is 0 Å². The summed E-state index contributed by atoms with van der Waals surface area (Å²) in [5.74, 6) is 0. The van der Waals surface area contributed by atoms with Crippen molar-refractivity contribution in [2.24, 2.45) is 0 Å². The molecular weight excluding hydrogens is 178 g/mol. The van der Waals surface area contributed by atoms with E-state index in [1.54, 1.807) is 12.3 Å². The molecule has 0 amide bonds. The Morgan fingerprint density at radius 1 is 1.42 bits per heavy atom. The number of halogens is 1. The van der Waals surface area contributed by atoms with Crippen LogP contribution in [0.5, 0.6) is 0 Å². The summed E-state index contributed by atoms with van der Waals surface area (Å²) >= 11 is 0. The highest BCUT2D eigenvalue weighted by atomic mass is 35.5. The van der Waals surface area contributed by atoms with Crippen molar-refractivity contribution in [1.29, 1.82) is 0 Å². The number of hydrogen-bond acceptors (Lipinski definition) is 3. The second-order valence-electron chi connectivity index (χ2n) is 2.13. The van der Waals surface area contributed by atoms with Crippen LogP contribution in [0.1, 0.15) is 0 Å². The van der Waals surface area contributed by atoms with Crippen molar-refractivity contribution in [2.45, 2.75) is 0 Å². The van der Waals surface area contributed by atoms with E-state index in [1.807, 2.05) is 0 Å². The van der Waals surface area contributed by atoms with Crippen LogP contribution in [0.15, 0.2) is 29.6 Å². The summed E-state index contributed by atoms with van der Waals surface area (Å²) in [5.41, 5.74) is 0.520. The van der Waals surface area contributed by atoms with Gasteiger partial charge in [0.1, 0.15) is 6.33 Å². The predicted octanol–water partition coefficient (Wildman–Crippen LogP) is 0.740. The maximum Gasteiger partial charge on any atom is 0.258 e. The number of H-pyrrole nitrogens is 1. The number of nitrogens with zero attached hydrogens (tertiary/aromatic N) is 2. The summed E-state index contributed by atoms with van der Waals surface area (Å²) in [5, 5.41) is 0.523. The lowest BCUT2D eigenvalue weighted by atomic mass is 10.3. The number of aromatic amines is 1. The van der Waals surface area contributed by atoms with Crippen molar-refractivity contribution in [3.8, 4) is 0 Å². The molecule has 0 aromatic carbocycles. The average molecular weight is 184 g/mol. The number of fused-ring (bicyclic) bond motifs is 1. The molecule has 0 radical (unpaired) electrons. The van der Waals surface area contributed by atoms with Gasteiger partial charge in [-0.15, -0.1) is 12.4 Å². The van der Waals surface area contributed by atoms with E-state index in [1.165, 1.54) is 12.5 Å². The summed E-state index contributed by atoms with van der Waals surface area (Å²) in [6.45, 7) is 0. The van der Waals surface area contributed by atoms with Gasteiger partial charge in [-0.05, 0) is 6.07 Å². The van der Waals surface area contributed by atoms with E-state index in [9.17, 15) is 4.79 Å². The molecule has 1 N–H and O–H groups in total. The summed E-state index contributed by atoms with van der Waals surface area (Å²) in [6.07, 6.45) is 4.49. The van der Waals surface area contributed by atoms with Gasteiger partial charge in [-0.3, -0.25) is 4.79 Å². The number of rotatable bonds is 0. The highest BCUT2D eigenvalue weighted by Gasteiger charge is 1.95. The Balaban J connectivity index is 0.000000720. The molecule has 0 aliphatic heterocycles. The van der Waals surface area contributed by atoms with Crippen molar-refractivity contribution < 1.29 is 0 Å². The summed E-state index contributed by atoms with van der Waals surface area (Å²) < 4.78 is 0. The number of hydrogen-bond donors (Lipinski definition) is 1. The molecule has 2 rings (SSSR count). The van der Waals surface area contributed by atoms with Gasteiger partial charge in [0.05, 0.1) is 10.9 Å². The first-order valence-corrected chi connectivity index (χ1v) is 3.15. The second kappa shape index (κ2) is 3.32. The van der Waals surface area contributed by atoms with E-state index < -0.39 is 0 Å². The summed E-state index contributed by atoms with van der Waals surface area (Å²) in [6, 6.07) is 1.73. The number of pyridine rings is 1. The van der Waals surface area contributed by atoms with Gasteiger partial charge in [0.15, 0.2) is 0 Å². The molecular formula is C7H6ClN3O. The third kappa shape index (κ3) is 1.29. The van der Waals surface area contributed by atoms with E-state index >= 15 is 0 Å². The fourth-order valence-corrected chi connectivity index (χ4v) is 0.921. The molecule has 5 heteroatoms. The summed E-state index contributed by atoms with van der Waals surface area (Å²) in [7, 11) is 0. The van der Waals surface area contributed by atoms with Gasteiger partial charge in [-0.2, -0.15) is 0 Å². The van der Waals surface area contributed by atoms with Crippen molar-refractivity contribution in [1.82, 2.24) is 15.0 Å². The molecule has 0 unspecified atom stereocenters. The molecule has 0 saturated carbocycles. The molecule has 0 fully saturated rings. The molecule has 4 nitrogen and oxygen atoms in total. The second-order valence-corrected chi connectivity index (χ2v) is 2.13. The number of aromatic nitrogens is 3. The molecule has 2 aromatic rings. The van der Waals surface area contributed by atoms with Gasteiger partial charge < -0.3 is 4.98 Å². The minimum atomic E-state index is -0.150. The average Bonchev–Trinajstić information content (AvgIpc) is 2.06. The molecule has 12 heavy (non-hydrogen) atoms. The first-order valence-electron chi connectivity index (χ1n) is 3.15. The normalized spacial score (nSPS) is 9.33. The molecule has 0 atom stereocenters. The predicted molar refractivity (Wildman–Crippen MR) is 47.4 cm³/mol. The summed E-state index contributed by atoms with van der Waals surface area (Å²) in [4.78, 5) is 21.2. The SMILES string of the molecule is Cl.O=c1[nH]ccc2ncncc12. The first kappa shape index (κ1) is 8.67. The number of nitrogens with one attached hydrogen (secondary N) is 1. The first-order chi connectivity index (χ1) is 5.38. The Labute approximate surface area is 74.1 Å². The Bertz CT molecular complexity index is 434. The van der Waals surface area contributed by atoms with Gasteiger partial charge in [0, 0.05) is 12.4 Å². The fourth-order valence-electron chi connectivity index (χ4n) is 0.921. The van der Waals surface area contributed by atoms with Crippen LogP contribution in [0, 0.1) is 0 Å². The fraction of sp³-hybridized carbons (Fsp3) is 0. The van der Waals surface area contributed by atoms with Crippen molar-refractivity contribution in [3.05, 3.63) is 35.1 Å². The van der Waals surface area contributed by atoms with Crippen LogP contribution >= 0.6 is 12.4 Å². The minimum Gasteiger partial charge on any atom is -0.328 e. The van der Waals surface area contributed by atoms with E-state index in [0.717, 1.165) is 0 Å². The zero-order chi connectivity index (χ0) is 7.68. The van der Waals surface area contributed by atoms with Crippen LogP contribution < -0.4 is 5.56 Å². The monoisotopic (exact) mass is 183 g/mol. The highest BCUT2D eigenvalue weighted by Crippen LogP contribution is 1.99. The van der Waals surface area contributed by atoms with Gasteiger partial charge >= 0.3 is 0 Å². The zero-order valence-corrected chi connectivity index (χ0v) is 6.84. The highest BCUT2D eigenvalue weighted by molar-refractivity contribution is 5.85. The van der Waals surface area contributed by atoms with E-state index in [-0.39, 0.29) is 18.0 Å². The van der Waals surface area contributed by atoms with Crippen LogP contribution in [0.2, 0.25) is 0 Å².